The molecule has 2 heterocycles. The van der Waals surface area contributed by atoms with E-state index >= 15 is 0 Å². The lowest BCUT2D eigenvalue weighted by molar-refractivity contribution is 0.344. The van der Waals surface area contributed by atoms with Gasteiger partial charge in [-0.25, -0.2) is 15.0 Å². The molecule has 3 aromatic rings. The molecule has 0 saturated carbocycles. The summed E-state index contributed by atoms with van der Waals surface area (Å²) in [6, 6.07) is 12.5. The monoisotopic (exact) mass is 387 g/mol. The summed E-state index contributed by atoms with van der Waals surface area (Å²) in [4.78, 5) is 16.5. The van der Waals surface area contributed by atoms with E-state index in [4.69, 9.17) is 5.73 Å². The first kappa shape index (κ1) is 20.2. The number of rotatable bonds is 6. The molecule has 0 aliphatic heterocycles. The molecule has 0 unspecified atom stereocenters. The second kappa shape index (κ2) is 8.65. The summed E-state index contributed by atoms with van der Waals surface area (Å²) in [6.45, 7) is 7.95. The molecule has 7 nitrogen and oxygen atoms in total. The van der Waals surface area contributed by atoms with Crippen LogP contribution in [-0.2, 0) is 19.5 Å². The third kappa shape index (κ3) is 5.26. The Labute approximate surface area is 170 Å². The van der Waals surface area contributed by atoms with Crippen molar-refractivity contribution >= 4 is 23.7 Å². The molecule has 2 N–H and O–H groups in total. The Balaban J connectivity index is 1.89. The maximum absolute atomic E-state index is 9.17. The van der Waals surface area contributed by atoms with Gasteiger partial charge < -0.3 is 10.3 Å². The molecule has 0 amide bonds. The summed E-state index contributed by atoms with van der Waals surface area (Å²) in [5, 5.41) is 10.1. The zero-order valence-corrected chi connectivity index (χ0v) is 17.0. The van der Waals surface area contributed by atoms with Gasteiger partial charge in [0.1, 0.15) is 18.1 Å². The number of nitrogens with zero attached hydrogens (tertiary/aromatic N) is 6. The molecule has 0 saturated heterocycles. The van der Waals surface area contributed by atoms with Crippen molar-refractivity contribution in [1.29, 1.82) is 5.26 Å². The van der Waals surface area contributed by atoms with E-state index in [0.717, 1.165) is 35.3 Å². The molecule has 0 aliphatic carbocycles. The van der Waals surface area contributed by atoms with Gasteiger partial charge in [0, 0.05) is 30.2 Å². The number of hydrogen-bond acceptors (Lipinski definition) is 4. The van der Waals surface area contributed by atoms with Gasteiger partial charge in [-0.15, -0.1) is 0 Å². The van der Waals surface area contributed by atoms with Crippen LogP contribution in [0.2, 0.25) is 0 Å². The van der Waals surface area contributed by atoms with Gasteiger partial charge in [-0.1, -0.05) is 45.0 Å². The van der Waals surface area contributed by atoms with Crippen LogP contribution in [0.1, 0.15) is 43.4 Å². The molecule has 0 fully saturated rings. The second-order valence-electron chi connectivity index (χ2n) is 8.11. The van der Waals surface area contributed by atoms with E-state index < -0.39 is 0 Å². The Bertz CT molecular complexity index is 1080. The standard InChI is InChI=1S/C22H25N7/c1-22(2,3)13-29-19(9-18-12-27-20(10-23)28-21(18)29)8-16-4-6-17(7-5-16)11-25-15-26-14-24/h4-7,9,12,14-15H,8,11,13H2,1-3H3,(H2,24,25,26). The van der Waals surface area contributed by atoms with Crippen LogP contribution in [0, 0.1) is 16.7 Å². The van der Waals surface area contributed by atoms with Crippen molar-refractivity contribution in [2.75, 3.05) is 0 Å². The quantitative estimate of drug-likeness (QED) is 0.516. The minimum atomic E-state index is 0.0757. The molecule has 0 aliphatic rings. The van der Waals surface area contributed by atoms with E-state index in [1.54, 1.807) is 6.20 Å². The molecule has 0 radical (unpaired) electrons. The highest BCUT2D eigenvalue weighted by Crippen LogP contribution is 2.26. The van der Waals surface area contributed by atoms with Crippen LogP contribution in [0.4, 0.5) is 0 Å². The first-order valence-electron chi connectivity index (χ1n) is 9.44. The van der Waals surface area contributed by atoms with E-state index in [1.165, 1.54) is 18.2 Å². The van der Waals surface area contributed by atoms with E-state index in [0.29, 0.717) is 6.54 Å². The van der Waals surface area contributed by atoms with Gasteiger partial charge in [-0.05, 0) is 22.6 Å². The van der Waals surface area contributed by atoms with Crippen LogP contribution in [0.25, 0.3) is 11.0 Å². The fourth-order valence-electron chi connectivity index (χ4n) is 3.15. The molecule has 7 heteroatoms. The molecule has 148 valence electrons. The Morgan fingerprint density at radius 3 is 2.59 bits per heavy atom. The molecule has 3 rings (SSSR count). The summed E-state index contributed by atoms with van der Waals surface area (Å²) in [5.41, 5.74) is 9.54. The SMILES string of the molecule is CC(C)(C)Cn1c(Cc2ccc(CN=CN=CN)cc2)cc2cnc(C#N)nc21. The van der Waals surface area contributed by atoms with Gasteiger partial charge in [0.05, 0.1) is 12.9 Å². The predicted molar refractivity (Wildman–Crippen MR) is 116 cm³/mol. The Morgan fingerprint density at radius 1 is 1.21 bits per heavy atom. The van der Waals surface area contributed by atoms with Gasteiger partial charge >= 0.3 is 0 Å². The largest absolute Gasteiger partial charge is 0.390 e. The molecule has 29 heavy (non-hydrogen) atoms. The summed E-state index contributed by atoms with van der Waals surface area (Å²) in [6.07, 6.45) is 5.17. The lowest BCUT2D eigenvalue weighted by Crippen LogP contribution is -2.18. The third-order valence-electron chi connectivity index (χ3n) is 4.37. The van der Waals surface area contributed by atoms with Crippen LogP contribution in [0.3, 0.4) is 0 Å². The van der Waals surface area contributed by atoms with E-state index in [1.807, 2.05) is 6.07 Å². The fraction of sp³-hybridized carbons (Fsp3) is 0.318. The van der Waals surface area contributed by atoms with Crippen molar-refractivity contribution < 1.29 is 0 Å². The molecule has 0 bridgehead atoms. The molecule has 1 aromatic carbocycles. The maximum Gasteiger partial charge on any atom is 0.234 e. The molecular formula is C22H25N7. The fourth-order valence-corrected chi connectivity index (χ4v) is 3.15. The number of fused-ring (bicyclic) bond motifs is 1. The average Bonchev–Trinajstić information content (AvgIpc) is 3.01. The molecule has 2 aromatic heterocycles. The zero-order valence-electron chi connectivity index (χ0n) is 17.0. The second-order valence-corrected chi connectivity index (χ2v) is 8.11. The van der Waals surface area contributed by atoms with Gasteiger partial charge in [0.15, 0.2) is 0 Å². The van der Waals surface area contributed by atoms with Crippen molar-refractivity contribution in [2.24, 2.45) is 21.1 Å². The summed E-state index contributed by atoms with van der Waals surface area (Å²) >= 11 is 0. The van der Waals surface area contributed by atoms with E-state index in [9.17, 15) is 5.26 Å². The number of aliphatic imine (C=N–C) groups is 2. The maximum atomic E-state index is 9.17. The van der Waals surface area contributed by atoms with Crippen LogP contribution in [0.5, 0.6) is 0 Å². The van der Waals surface area contributed by atoms with Crippen molar-refractivity contribution in [3.05, 3.63) is 59.2 Å². The highest BCUT2D eigenvalue weighted by Gasteiger charge is 2.18. The number of hydrogen-bond donors (Lipinski definition) is 1. The number of nitrogens with two attached hydrogens (primary N) is 1. The van der Waals surface area contributed by atoms with Crippen LogP contribution >= 0.6 is 0 Å². The van der Waals surface area contributed by atoms with E-state index in [-0.39, 0.29) is 11.2 Å². The molecule has 0 atom stereocenters. The summed E-state index contributed by atoms with van der Waals surface area (Å²) in [7, 11) is 0. The summed E-state index contributed by atoms with van der Waals surface area (Å²) < 4.78 is 2.21. The van der Waals surface area contributed by atoms with Crippen molar-refractivity contribution in [3.63, 3.8) is 0 Å². The highest BCUT2D eigenvalue weighted by molar-refractivity contribution is 5.77. The smallest absolute Gasteiger partial charge is 0.234 e. The van der Waals surface area contributed by atoms with Crippen LogP contribution in [-0.4, -0.2) is 27.2 Å². The van der Waals surface area contributed by atoms with Crippen LogP contribution < -0.4 is 5.73 Å². The minimum Gasteiger partial charge on any atom is -0.390 e. The highest BCUT2D eigenvalue weighted by atomic mass is 15.1. The van der Waals surface area contributed by atoms with Crippen molar-refractivity contribution in [1.82, 2.24) is 14.5 Å². The first-order chi connectivity index (χ1) is 13.9. The number of benzene rings is 1. The van der Waals surface area contributed by atoms with E-state index in [2.05, 4.69) is 75.6 Å². The lowest BCUT2D eigenvalue weighted by Gasteiger charge is -2.21. The summed E-state index contributed by atoms with van der Waals surface area (Å²) in [5.74, 6) is 0.196. The first-order valence-corrected chi connectivity index (χ1v) is 9.44. The lowest BCUT2D eigenvalue weighted by atomic mass is 9.96. The van der Waals surface area contributed by atoms with Crippen molar-refractivity contribution in [3.8, 4) is 6.07 Å². The minimum absolute atomic E-state index is 0.0757. The van der Waals surface area contributed by atoms with Gasteiger partial charge in [0.25, 0.3) is 0 Å². The van der Waals surface area contributed by atoms with Crippen molar-refractivity contribution in [2.45, 2.75) is 40.3 Å². The average molecular weight is 387 g/mol. The number of nitriles is 1. The van der Waals surface area contributed by atoms with Crippen LogP contribution in [0.15, 0.2) is 46.5 Å². The molecular weight excluding hydrogens is 362 g/mol. The Kier molecular flexibility index (Phi) is 6.03. The zero-order chi connectivity index (χ0) is 20.9. The van der Waals surface area contributed by atoms with Gasteiger partial charge in [0.2, 0.25) is 5.82 Å². The number of aromatic nitrogens is 3. The molecule has 0 spiro atoms. The predicted octanol–water partition coefficient (Wildman–Crippen LogP) is 3.46. The third-order valence-corrected chi connectivity index (χ3v) is 4.37. The van der Waals surface area contributed by atoms with Gasteiger partial charge in [-0.2, -0.15) is 5.26 Å². The Hall–Kier alpha value is -3.53. The normalized spacial score (nSPS) is 12.2. The topological polar surface area (TPSA) is 105 Å². The van der Waals surface area contributed by atoms with Gasteiger partial charge in [-0.3, -0.25) is 4.99 Å². The Morgan fingerprint density at radius 2 is 1.93 bits per heavy atom.